The maximum absolute atomic E-state index is 6.86. The van der Waals surface area contributed by atoms with E-state index in [-0.39, 0.29) is 16.2 Å². The van der Waals surface area contributed by atoms with E-state index in [0.29, 0.717) is 17.3 Å². The molecule has 2 atom stereocenters. The van der Waals surface area contributed by atoms with Gasteiger partial charge >= 0.3 is 0 Å². The van der Waals surface area contributed by atoms with Crippen molar-refractivity contribution in [1.29, 1.82) is 0 Å². The van der Waals surface area contributed by atoms with Crippen molar-refractivity contribution in [1.82, 2.24) is 9.97 Å². The lowest BCUT2D eigenvalue weighted by atomic mass is 9.72. The summed E-state index contributed by atoms with van der Waals surface area (Å²) in [5.74, 6) is 2.93. The molecular formula is C48H54N4O2. The van der Waals surface area contributed by atoms with Gasteiger partial charge in [-0.15, -0.1) is 0 Å². The van der Waals surface area contributed by atoms with Gasteiger partial charge in [0.2, 0.25) is 5.90 Å². The van der Waals surface area contributed by atoms with Crippen LogP contribution in [0.15, 0.2) is 84.0 Å². The molecule has 6 heteroatoms. The van der Waals surface area contributed by atoms with Gasteiger partial charge in [0.1, 0.15) is 34.2 Å². The number of aryl methyl sites for hydroxylation is 2. The van der Waals surface area contributed by atoms with Crippen LogP contribution >= 0.6 is 0 Å². The number of nitrogens with zero attached hydrogens (tertiary/aromatic N) is 4. The average Bonchev–Trinajstić information content (AvgIpc) is 3.48. The molecule has 6 nitrogen and oxygen atoms in total. The van der Waals surface area contributed by atoms with Gasteiger partial charge in [0.15, 0.2) is 0 Å². The van der Waals surface area contributed by atoms with Crippen molar-refractivity contribution < 1.29 is 9.47 Å². The smallest absolute Gasteiger partial charge is 0.237 e. The van der Waals surface area contributed by atoms with Crippen LogP contribution in [0.25, 0.3) is 0 Å². The first-order valence-electron chi connectivity index (χ1n) is 19.3. The first-order chi connectivity index (χ1) is 25.2. The van der Waals surface area contributed by atoms with Crippen LogP contribution in [0.5, 0.6) is 11.5 Å². The fourth-order valence-electron chi connectivity index (χ4n) is 8.61. The van der Waals surface area contributed by atoms with Crippen LogP contribution in [0, 0.1) is 20.8 Å². The molecule has 54 heavy (non-hydrogen) atoms. The highest BCUT2D eigenvalue weighted by molar-refractivity contribution is 5.95. The molecule has 0 amide bonds. The topological polar surface area (TPSA) is 59.8 Å². The molecule has 0 saturated carbocycles. The maximum atomic E-state index is 6.86. The summed E-state index contributed by atoms with van der Waals surface area (Å²) in [5, 5.41) is 0. The average molecular weight is 719 g/mol. The van der Waals surface area contributed by atoms with Gasteiger partial charge in [0.05, 0.1) is 17.1 Å². The van der Waals surface area contributed by atoms with Crippen molar-refractivity contribution in [2.75, 3.05) is 4.90 Å². The molecule has 0 unspecified atom stereocenters. The second kappa shape index (κ2) is 11.8. The van der Waals surface area contributed by atoms with Gasteiger partial charge in [-0.1, -0.05) is 85.7 Å². The number of hydrogen-bond acceptors (Lipinski definition) is 6. The van der Waals surface area contributed by atoms with E-state index < -0.39 is 11.1 Å². The number of hydrogen-bond donors (Lipinski definition) is 0. The SMILES string of the molecule is Cc1cc(Oc2cc(C3=N[C@]4(C)c5ccc(C)c(C)c5C[C@]4(C)O3)nc(C(C)(C)C)c2)cc(N2c3ccc(C(C)(C)C)cc3C(C)(C)c3cccnc32)c1. The fraction of sp³-hybridized carbons (Fsp3) is 0.396. The molecule has 0 N–H and O–H groups in total. The molecule has 0 radical (unpaired) electrons. The first-order valence-corrected chi connectivity index (χ1v) is 19.3. The fourth-order valence-corrected chi connectivity index (χ4v) is 8.61. The van der Waals surface area contributed by atoms with Gasteiger partial charge < -0.3 is 9.47 Å². The molecule has 0 bridgehead atoms. The van der Waals surface area contributed by atoms with Crippen molar-refractivity contribution in [3.63, 3.8) is 0 Å². The van der Waals surface area contributed by atoms with E-state index in [4.69, 9.17) is 24.4 Å². The Balaban J connectivity index is 1.21. The van der Waals surface area contributed by atoms with Crippen LogP contribution in [0.1, 0.15) is 125 Å². The molecule has 0 fully saturated rings. The van der Waals surface area contributed by atoms with E-state index in [0.717, 1.165) is 40.6 Å². The molecule has 0 spiro atoms. The van der Waals surface area contributed by atoms with Crippen molar-refractivity contribution in [2.45, 2.75) is 124 Å². The van der Waals surface area contributed by atoms with Crippen LogP contribution in [0.4, 0.5) is 17.2 Å². The molecule has 4 heterocycles. The van der Waals surface area contributed by atoms with Crippen LogP contribution in [0.2, 0.25) is 0 Å². The number of aromatic nitrogens is 2. The van der Waals surface area contributed by atoms with Crippen LogP contribution in [0.3, 0.4) is 0 Å². The van der Waals surface area contributed by atoms with Crippen LogP contribution in [-0.2, 0) is 32.9 Å². The lowest BCUT2D eigenvalue weighted by Gasteiger charge is -2.41. The molecule has 2 aromatic heterocycles. The quantitative estimate of drug-likeness (QED) is 0.185. The number of aliphatic imine (C=N–C) groups is 1. The molecular weight excluding hydrogens is 665 g/mol. The predicted molar refractivity (Wildman–Crippen MR) is 220 cm³/mol. The number of rotatable bonds is 4. The Morgan fingerprint density at radius 1 is 0.759 bits per heavy atom. The molecule has 3 aliphatic rings. The van der Waals surface area contributed by atoms with Crippen molar-refractivity contribution in [3.8, 4) is 11.5 Å². The summed E-state index contributed by atoms with van der Waals surface area (Å²) in [6, 6.07) is 26.1. The van der Waals surface area contributed by atoms with E-state index >= 15 is 0 Å². The van der Waals surface area contributed by atoms with E-state index in [1.54, 1.807) is 0 Å². The molecule has 0 saturated heterocycles. The Hall–Kier alpha value is -4.97. The summed E-state index contributed by atoms with van der Waals surface area (Å²) in [4.78, 5) is 17.8. The minimum atomic E-state index is -0.515. The van der Waals surface area contributed by atoms with E-state index in [2.05, 4.69) is 156 Å². The molecule has 278 valence electrons. The van der Waals surface area contributed by atoms with Gasteiger partial charge in [-0.3, -0.25) is 4.90 Å². The van der Waals surface area contributed by atoms with Crippen LogP contribution < -0.4 is 9.64 Å². The molecule has 1 aliphatic carbocycles. The lowest BCUT2D eigenvalue weighted by Crippen LogP contribution is -2.41. The number of benzene rings is 3. The minimum absolute atomic E-state index is 0.0246. The Morgan fingerprint density at radius 3 is 2.22 bits per heavy atom. The highest BCUT2D eigenvalue weighted by atomic mass is 16.5. The minimum Gasteiger partial charge on any atom is -0.467 e. The zero-order valence-electron chi connectivity index (χ0n) is 34.3. The second-order valence-corrected chi connectivity index (χ2v) is 18.8. The maximum Gasteiger partial charge on any atom is 0.237 e. The second-order valence-electron chi connectivity index (χ2n) is 18.8. The third kappa shape index (κ3) is 5.55. The molecule has 8 rings (SSSR count). The monoisotopic (exact) mass is 718 g/mol. The summed E-state index contributed by atoms with van der Waals surface area (Å²) in [5.41, 5.74) is 12.4. The normalized spacial score (nSPS) is 21.1. The van der Waals surface area contributed by atoms with Crippen LogP contribution in [-0.4, -0.2) is 21.5 Å². The zero-order valence-corrected chi connectivity index (χ0v) is 34.3. The lowest BCUT2D eigenvalue weighted by molar-refractivity contribution is 0.0473. The summed E-state index contributed by atoms with van der Waals surface area (Å²) in [7, 11) is 0. The number of fused-ring (bicyclic) bond motifs is 5. The van der Waals surface area contributed by atoms with Crippen molar-refractivity contribution >= 4 is 23.1 Å². The Bertz CT molecular complexity index is 2390. The van der Waals surface area contributed by atoms with Gasteiger partial charge in [0, 0.05) is 47.2 Å². The highest BCUT2D eigenvalue weighted by Crippen LogP contribution is 2.55. The molecule has 2 aliphatic heterocycles. The van der Waals surface area contributed by atoms with Gasteiger partial charge in [-0.2, -0.15) is 0 Å². The summed E-state index contributed by atoms with van der Waals surface area (Å²) < 4.78 is 13.7. The largest absolute Gasteiger partial charge is 0.467 e. The zero-order chi connectivity index (χ0) is 38.7. The third-order valence-electron chi connectivity index (χ3n) is 12.3. The standard InChI is InChI=1S/C48H54N4O2/c1-28-21-32(52-40-19-17-31(44(4,5)6)23-38(40)46(10,11)37-15-14-20-49-42(37)52)24-33(22-28)53-34-25-39(50-41(26-34)45(7,8)9)43-51-48(13)36-18-16-29(2)30(3)35(36)27-47(48,12)54-43/h14-26H,27H2,1-13H3/t47-,48+/m0/s1. The first kappa shape index (κ1) is 36.0. The predicted octanol–water partition coefficient (Wildman–Crippen LogP) is 11.9. The Labute approximate surface area is 321 Å². The highest BCUT2D eigenvalue weighted by Gasteiger charge is 2.59. The molecule has 5 aromatic rings. The van der Waals surface area contributed by atoms with Gasteiger partial charge in [-0.25, -0.2) is 15.0 Å². The van der Waals surface area contributed by atoms with E-state index in [1.165, 1.54) is 38.9 Å². The van der Waals surface area contributed by atoms with Crippen molar-refractivity contribution in [3.05, 3.63) is 135 Å². The number of pyridine rings is 2. The number of anilines is 3. The van der Waals surface area contributed by atoms with Crippen molar-refractivity contribution in [2.24, 2.45) is 4.99 Å². The van der Waals surface area contributed by atoms with Gasteiger partial charge in [0.25, 0.3) is 0 Å². The summed E-state index contributed by atoms with van der Waals surface area (Å²) >= 11 is 0. The number of ether oxygens (including phenoxy) is 2. The van der Waals surface area contributed by atoms with E-state index in [1.807, 2.05) is 18.3 Å². The third-order valence-corrected chi connectivity index (χ3v) is 12.3. The molecule has 3 aromatic carbocycles. The Morgan fingerprint density at radius 2 is 1.50 bits per heavy atom. The van der Waals surface area contributed by atoms with E-state index in [9.17, 15) is 0 Å². The van der Waals surface area contributed by atoms with Gasteiger partial charge in [-0.05, 0) is 103 Å². The Kier molecular flexibility index (Phi) is 7.85. The summed E-state index contributed by atoms with van der Waals surface area (Å²) in [6.45, 7) is 28.9. The summed E-state index contributed by atoms with van der Waals surface area (Å²) in [6.07, 6.45) is 2.69.